The lowest BCUT2D eigenvalue weighted by atomic mass is 10.1. The van der Waals surface area contributed by atoms with Crippen LogP contribution >= 0.6 is 0 Å². The monoisotopic (exact) mass is 479 g/mol. The van der Waals surface area contributed by atoms with Gasteiger partial charge in [0.2, 0.25) is 11.7 Å². The molecule has 184 valence electrons. The molecule has 2 amide bonds. The first-order valence-corrected chi connectivity index (χ1v) is 11.4. The molecule has 10 heteroatoms. The minimum absolute atomic E-state index is 0.141. The SMILES string of the molecule is COc1cc(CCC(=O)N2CCCN2C(=O)c2nn(-c3ccccc3)nc2C)cc(OC)c1OC. The molecule has 1 aliphatic rings. The van der Waals surface area contributed by atoms with E-state index in [4.69, 9.17) is 14.2 Å². The number of carbonyl (C=O) groups is 2. The van der Waals surface area contributed by atoms with Gasteiger partial charge in [0.25, 0.3) is 5.91 Å². The number of benzene rings is 2. The first-order valence-electron chi connectivity index (χ1n) is 11.4. The third-order valence-corrected chi connectivity index (χ3v) is 5.88. The van der Waals surface area contributed by atoms with Gasteiger partial charge >= 0.3 is 0 Å². The number of nitrogens with zero attached hydrogens (tertiary/aromatic N) is 5. The molecule has 0 N–H and O–H groups in total. The van der Waals surface area contributed by atoms with Crippen molar-refractivity contribution in [3.05, 3.63) is 59.4 Å². The molecular formula is C25H29N5O5. The maximum atomic E-state index is 13.3. The van der Waals surface area contributed by atoms with Gasteiger partial charge in [0, 0.05) is 19.5 Å². The number of ether oxygens (including phenoxy) is 3. The minimum Gasteiger partial charge on any atom is -0.493 e. The smallest absolute Gasteiger partial charge is 0.294 e. The Kier molecular flexibility index (Phi) is 7.19. The second-order valence-corrected chi connectivity index (χ2v) is 8.09. The zero-order chi connectivity index (χ0) is 24.9. The Morgan fingerprint density at radius 3 is 2.20 bits per heavy atom. The summed E-state index contributed by atoms with van der Waals surface area (Å²) < 4.78 is 16.2. The van der Waals surface area contributed by atoms with Gasteiger partial charge in [-0.05, 0) is 49.6 Å². The lowest BCUT2D eigenvalue weighted by Crippen LogP contribution is -2.45. The standard InChI is InChI=1S/C25H29N5O5/c1-17-23(27-30(26-17)19-9-6-5-7-10-19)25(32)29-14-8-13-28(29)22(31)12-11-18-15-20(33-2)24(35-4)21(16-18)34-3/h5-7,9-10,15-16H,8,11-14H2,1-4H3. The summed E-state index contributed by atoms with van der Waals surface area (Å²) >= 11 is 0. The number of amides is 2. The molecule has 1 fully saturated rings. The van der Waals surface area contributed by atoms with Crippen molar-refractivity contribution in [1.29, 1.82) is 0 Å². The van der Waals surface area contributed by atoms with Crippen molar-refractivity contribution in [2.75, 3.05) is 34.4 Å². The summed E-state index contributed by atoms with van der Waals surface area (Å²) in [5, 5.41) is 11.8. The van der Waals surface area contributed by atoms with E-state index in [9.17, 15) is 9.59 Å². The van der Waals surface area contributed by atoms with Crippen LogP contribution in [-0.2, 0) is 11.2 Å². The third-order valence-electron chi connectivity index (χ3n) is 5.88. The van der Waals surface area contributed by atoms with Gasteiger partial charge in [0.15, 0.2) is 17.2 Å². The number of carbonyl (C=O) groups excluding carboxylic acids is 2. The van der Waals surface area contributed by atoms with Crippen molar-refractivity contribution in [3.8, 4) is 22.9 Å². The molecule has 35 heavy (non-hydrogen) atoms. The van der Waals surface area contributed by atoms with Gasteiger partial charge in [0.05, 0.1) is 32.7 Å². The molecule has 0 aliphatic carbocycles. The molecule has 0 spiro atoms. The number of hydrogen-bond acceptors (Lipinski definition) is 7. The van der Waals surface area contributed by atoms with Crippen LogP contribution in [0.4, 0.5) is 0 Å². The van der Waals surface area contributed by atoms with Crippen molar-refractivity contribution >= 4 is 11.8 Å². The van der Waals surface area contributed by atoms with Gasteiger partial charge in [-0.25, -0.2) is 5.01 Å². The zero-order valence-corrected chi connectivity index (χ0v) is 20.4. The summed E-state index contributed by atoms with van der Waals surface area (Å²) in [5.41, 5.74) is 2.37. The highest BCUT2D eigenvalue weighted by molar-refractivity contribution is 5.94. The van der Waals surface area contributed by atoms with E-state index in [0.717, 1.165) is 11.3 Å². The van der Waals surface area contributed by atoms with Crippen LogP contribution in [0.5, 0.6) is 17.2 Å². The van der Waals surface area contributed by atoms with Crippen LogP contribution < -0.4 is 14.2 Å². The number of aromatic nitrogens is 3. The molecule has 0 bridgehead atoms. The van der Waals surface area contributed by atoms with Gasteiger partial charge in [-0.15, -0.1) is 5.10 Å². The summed E-state index contributed by atoms with van der Waals surface area (Å²) in [4.78, 5) is 27.9. The van der Waals surface area contributed by atoms with Gasteiger partial charge in [0.1, 0.15) is 0 Å². The average molecular weight is 480 g/mol. The Labute approximate surface area is 204 Å². The number of aryl methyl sites for hydroxylation is 2. The van der Waals surface area contributed by atoms with E-state index < -0.39 is 0 Å². The van der Waals surface area contributed by atoms with Crippen LogP contribution in [-0.4, -0.2) is 71.2 Å². The maximum Gasteiger partial charge on any atom is 0.294 e. The molecule has 1 saturated heterocycles. The van der Waals surface area contributed by atoms with Gasteiger partial charge in [-0.3, -0.25) is 14.6 Å². The van der Waals surface area contributed by atoms with E-state index >= 15 is 0 Å². The molecule has 0 radical (unpaired) electrons. The van der Waals surface area contributed by atoms with Crippen LogP contribution in [0.1, 0.15) is 34.6 Å². The highest BCUT2D eigenvalue weighted by Crippen LogP contribution is 2.38. The predicted molar refractivity (Wildman–Crippen MR) is 128 cm³/mol. The molecule has 0 unspecified atom stereocenters. The van der Waals surface area contributed by atoms with Crippen LogP contribution in [0.15, 0.2) is 42.5 Å². The molecule has 2 heterocycles. The number of rotatable bonds is 8. The summed E-state index contributed by atoms with van der Waals surface area (Å²) in [5.74, 6) is 1.09. The van der Waals surface area contributed by atoms with Crippen molar-refractivity contribution in [1.82, 2.24) is 25.0 Å². The predicted octanol–water partition coefficient (Wildman–Crippen LogP) is 2.82. The Bertz CT molecular complexity index is 1190. The first-order chi connectivity index (χ1) is 17.0. The van der Waals surface area contributed by atoms with Crippen molar-refractivity contribution in [2.45, 2.75) is 26.2 Å². The van der Waals surface area contributed by atoms with E-state index in [2.05, 4.69) is 10.2 Å². The van der Waals surface area contributed by atoms with E-state index in [1.807, 2.05) is 42.5 Å². The highest BCUT2D eigenvalue weighted by atomic mass is 16.5. The first kappa shape index (κ1) is 24.1. The van der Waals surface area contributed by atoms with Crippen molar-refractivity contribution < 1.29 is 23.8 Å². The Hall–Kier alpha value is -4.08. The second kappa shape index (κ2) is 10.5. The number of hydrazine groups is 1. The zero-order valence-electron chi connectivity index (χ0n) is 20.4. The largest absolute Gasteiger partial charge is 0.493 e. The lowest BCUT2D eigenvalue weighted by Gasteiger charge is -2.27. The van der Waals surface area contributed by atoms with Gasteiger partial charge < -0.3 is 14.2 Å². The number of hydrogen-bond donors (Lipinski definition) is 0. The van der Waals surface area contributed by atoms with Crippen LogP contribution in [0, 0.1) is 6.92 Å². The Balaban J connectivity index is 1.47. The van der Waals surface area contributed by atoms with Gasteiger partial charge in [-0.1, -0.05) is 18.2 Å². The number of methoxy groups -OCH3 is 3. The minimum atomic E-state index is -0.330. The Morgan fingerprint density at radius 1 is 0.914 bits per heavy atom. The topological polar surface area (TPSA) is 99.0 Å². The molecule has 0 saturated carbocycles. The Morgan fingerprint density at radius 2 is 1.57 bits per heavy atom. The molecule has 0 atom stereocenters. The number of para-hydroxylation sites is 1. The van der Waals surface area contributed by atoms with E-state index in [0.29, 0.717) is 48.9 Å². The van der Waals surface area contributed by atoms with Gasteiger partial charge in [-0.2, -0.15) is 9.90 Å². The maximum absolute atomic E-state index is 13.3. The third kappa shape index (κ3) is 4.91. The fourth-order valence-electron chi connectivity index (χ4n) is 4.12. The van der Waals surface area contributed by atoms with Crippen LogP contribution in [0.3, 0.4) is 0 Å². The van der Waals surface area contributed by atoms with Crippen molar-refractivity contribution in [3.63, 3.8) is 0 Å². The van der Waals surface area contributed by atoms with Crippen LogP contribution in [0.2, 0.25) is 0 Å². The molecule has 3 aromatic rings. The molecular weight excluding hydrogens is 450 g/mol. The van der Waals surface area contributed by atoms with E-state index in [1.165, 1.54) is 14.8 Å². The molecule has 10 nitrogen and oxygen atoms in total. The molecule has 1 aromatic heterocycles. The fourth-order valence-corrected chi connectivity index (χ4v) is 4.12. The second-order valence-electron chi connectivity index (χ2n) is 8.09. The summed E-state index contributed by atoms with van der Waals surface area (Å²) in [6.07, 6.45) is 1.38. The lowest BCUT2D eigenvalue weighted by molar-refractivity contribution is -0.140. The highest BCUT2D eigenvalue weighted by Gasteiger charge is 2.33. The normalized spacial score (nSPS) is 13.1. The summed E-state index contributed by atoms with van der Waals surface area (Å²) in [6.45, 7) is 2.67. The molecule has 4 rings (SSSR count). The summed E-state index contributed by atoms with van der Waals surface area (Å²) in [7, 11) is 4.65. The summed E-state index contributed by atoms with van der Waals surface area (Å²) in [6, 6.07) is 13.0. The van der Waals surface area contributed by atoms with Crippen molar-refractivity contribution in [2.24, 2.45) is 0 Å². The fraction of sp³-hybridized carbons (Fsp3) is 0.360. The molecule has 1 aliphatic heterocycles. The molecule has 2 aromatic carbocycles. The van der Waals surface area contributed by atoms with E-state index in [1.54, 1.807) is 28.3 Å². The quantitative estimate of drug-likeness (QED) is 0.490. The van der Waals surface area contributed by atoms with Crippen LogP contribution in [0.25, 0.3) is 5.69 Å². The van der Waals surface area contributed by atoms with E-state index in [-0.39, 0.29) is 23.9 Å². The average Bonchev–Trinajstić information content (AvgIpc) is 3.54.